The zero-order valence-corrected chi connectivity index (χ0v) is 11.7. The molecular formula is C13H24N2S. The van der Waals surface area contributed by atoms with Crippen LogP contribution < -0.4 is 5.32 Å². The molecule has 1 aliphatic carbocycles. The van der Waals surface area contributed by atoms with E-state index in [1.165, 1.54) is 18.6 Å². The van der Waals surface area contributed by atoms with Crippen LogP contribution in [-0.4, -0.2) is 22.6 Å². The van der Waals surface area contributed by atoms with Crippen LogP contribution in [0, 0.1) is 17.2 Å². The normalized spacial score (nSPS) is 21.5. The molecule has 2 nitrogen and oxygen atoms in total. The first-order valence-electron chi connectivity index (χ1n) is 6.26. The fraction of sp³-hybridized carbons (Fsp3) is 0.923. The predicted molar refractivity (Wildman–Crippen MR) is 71.6 cm³/mol. The van der Waals surface area contributed by atoms with E-state index >= 15 is 0 Å². The molecule has 92 valence electrons. The molecule has 0 aromatic carbocycles. The van der Waals surface area contributed by atoms with Gasteiger partial charge in [0.15, 0.2) is 0 Å². The van der Waals surface area contributed by atoms with Gasteiger partial charge in [-0.05, 0) is 37.9 Å². The first-order valence-corrected chi connectivity index (χ1v) is 7.30. The third-order valence-electron chi connectivity index (χ3n) is 2.76. The Morgan fingerprint density at radius 2 is 2.06 bits per heavy atom. The zero-order chi connectivity index (χ0) is 12.2. The van der Waals surface area contributed by atoms with Crippen molar-refractivity contribution in [2.45, 2.75) is 63.8 Å². The molecule has 0 amide bonds. The van der Waals surface area contributed by atoms with Crippen LogP contribution in [0.2, 0.25) is 0 Å². The summed E-state index contributed by atoms with van der Waals surface area (Å²) in [7, 11) is 0. The molecule has 1 saturated carbocycles. The summed E-state index contributed by atoms with van der Waals surface area (Å²) in [5, 5.41) is 13.3. The molecule has 0 radical (unpaired) electrons. The Morgan fingerprint density at radius 1 is 1.44 bits per heavy atom. The number of hydrogen-bond acceptors (Lipinski definition) is 3. The lowest BCUT2D eigenvalue weighted by Gasteiger charge is -2.26. The van der Waals surface area contributed by atoms with Crippen LogP contribution in [0.4, 0.5) is 0 Å². The smallest absolute Gasteiger partial charge is 0.105 e. The third kappa shape index (κ3) is 5.23. The molecule has 0 aromatic heterocycles. The van der Waals surface area contributed by atoms with E-state index in [0.29, 0.717) is 11.3 Å². The maximum absolute atomic E-state index is 9.27. The van der Waals surface area contributed by atoms with Crippen LogP contribution in [-0.2, 0) is 0 Å². The van der Waals surface area contributed by atoms with Gasteiger partial charge in [-0.2, -0.15) is 17.0 Å². The second-order valence-corrected chi connectivity index (χ2v) is 7.08. The number of nitrogens with one attached hydrogen (secondary N) is 1. The zero-order valence-electron chi connectivity index (χ0n) is 10.9. The van der Waals surface area contributed by atoms with Crippen molar-refractivity contribution in [2.24, 2.45) is 5.92 Å². The van der Waals surface area contributed by atoms with Gasteiger partial charge in [-0.25, -0.2) is 0 Å². The second kappa shape index (κ2) is 5.93. The van der Waals surface area contributed by atoms with Crippen molar-refractivity contribution >= 4 is 11.8 Å². The lowest BCUT2D eigenvalue weighted by atomic mass is 9.98. The van der Waals surface area contributed by atoms with Crippen molar-refractivity contribution in [1.82, 2.24) is 5.32 Å². The SMILES string of the molecule is CC(C)CSC(C)CC(C)(C#N)NC1CC1. The molecule has 3 heteroatoms. The first kappa shape index (κ1) is 13.9. The van der Waals surface area contributed by atoms with E-state index in [1.807, 2.05) is 18.7 Å². The topological polar surface area (TPSA) is 35.8 Å². The summed E-state index contributed by atoms with van der Waals surface area (Å²) < 4.78 is 0. The summed E-state index contributed by atoms with van der Waals surface area (Å²) in [6.45, 7) is 8.76. The van der Waals surface area contributed by atoms with Crippen molar-refractivity contribution in [2.75, 3.05) is 5.75 Å². The van der Waals surface area contributed by atoms with Gasteiger partial charge in [0.05, 0.1) is 6.07 Å². The molecule has 0 aliphatic heterocycles. The lowest BCUT2D eigenvalue weighted by molar-refractivity contribution is 0.414. The molecule has 1 rings (SSSR count). The molecule has 1 N–H and O–H groups in total. The fourth-order valence-corrected chi connectivity index (χ4v) is 2.97. The highest BCUT2D eigenvalue weighted by Crippen LogP contribution is 2.28. The molecular weight excluding hydrogens is 216 g/mol. The van der Waals surface area contributed by atoms with Gasteiger partial charge in [0.25, 0.3) is 0 Å². The van der Waals surface area contributed by atoms with Crippen molar-refractivity contribution in [3.05, 3.63) is 0 Å². The monoisotopic (exact) mass is 240 g/mol. The van der Waals surface area contributed by atoms with Gasteiger partial charge in [-0.1, -0.05) is 20.8 Å². The Hall–Kier alpha value is -0.200. The number of hydrogen-bond donors (Lipinski definition) is 1. The molecule has 0 spiro atoms. The van der Waals surface area contributed by atoms with Gasteiger partial charge in [0.1, 0.15) is 5.54 Å². The van der Waals surface area contributed by atoms with Crippen LogP contribution in [0.25, 0.3) is 0 Å². The van der Waals surface area contributed by atoms with Crippen molar-refractivity contribution in [1.29, 1.82) is 5.26 Å². The highest BCUT2D eigenvalue weighted by Gasteiger charge is 2.33. The number of nitrogens with zero attached hydrogens (tertiary/aromatic N) is 1. The molecule has 16 heavy (non-hydrogen) atoms. The predicted octanol–water partition coefficient (Wildman–Crippen LogP) is 3.19. The van der Waals surface area contributed by atoms with Gasteiger partial charge in [-0.3, -0.25) is 5.32 Å². The maximum Gasteiger partial charge on any atom is 0.105 e. The van der Waals surface area contributed by atoms with Gasteiger partial charge in [0, 0.05) is 11.3 Å². The minimum Gasteiger partial charge on any atom is -0.297 e. The van der Waals surface area contributed by atoms with Gasteiger partial charge >= 0.3 is 0 Å². The Balaban J connectivity index is 2.33. The highest BCUT2D eigenvalue weighted by molar-refractivity contribution is 7.99. The second-order valence-electron chi connectivity index (χ2n) is 5.60. The van der Waals surface area contributed by atoms with Crippen molar-refractivity contribution in [3.63, 3.8) is 0 Å². The van der Waals surface area contributed by atoms with Crippen LogP contribution >= 0.6 is 11.8 Å². The summed E-state index contributed by atoms with van der Waals surface area (Å²) in [5.41, 5.74) is -0.329. The third-order valence-corrected chi connectivity index (χ3v) is 4.35. The maximum atomic E-state index is 9.27. The number of rotatable bonds is 7. The molecule has 2 atom stereocenters. The van der Waals surface area contributed by atoms with Crippen molar-refractivity contribution in [3.8, 4) is 6.07 Å². The quantitative estimate of drug-likeness (QED) is 0.742. The van der Waals surface area contributed by atoms with Crippen LogP contribution in [0.1, 0.15) is 47.0 Å². The Morgan fingerprint density at radius 3 is 2.50 bits per heavy atom. The molecule has 1 fully saturated rings. The molecule has 0 saturated heterocycles. The highest BCUT2D eigenvalue weighted by atomic mass is 32.2. The largest absolute Gasteiger partial charge is 0.297 e. The van der Waals surface area contributed by atoms with E-state index in [1.54, 1.807) is 0 Å². The summed E-state index contributed by atoms with van der Waals surface area (Å²) in [5.74, 6) is 1.92. The lowest BCUT2D eigenvalue weighted by Crippen LogP contribution is -2.44. The van der Waals surface area contributed by atoms with E-state index in [0.717, 1.165) is 12.3 Å². The molecule has 0 heterocycles. The standard InChI is InChI=1S/C13H24N2S/c1-10(2)8-16-11(3)7-13(4,9-14)15-12-5-6-12/h10-12,15H,5-8H2,1-4H3. The average molecular weight is 240 g/mol. The number of nitriles is 1. The minimum atomic E-state index is -0.329. The molecule has 1 aliphatic rings. The Kier molecular flexibility index (Phi) is 5.14. The van der Waals surface area contributed by atoms with Crippen LogP contribution in [0.3, 0.4) is 0 Å². The van der Waals surface area contributed by atoms with E-state index in [-0.39, 0.29) is 5.54 Å². The van der Waals surface area contributed by atoms with Crippen LogP contribution in [0.5, 0.6) is 0 Å². The fourth-order valence-electron chi connectivity index (χ4n) is 1.81. The molecule has 2 unspecified atom stereocenters. The van der Waals surface area contributed by atoms with E-state index in [2.05, 4.69) is 32.2 Å². The number of thioether (sulfide) groups is 1. The van der Waals surface area contributed by atoms with Gasteiger partial charge in [0.2, 0.25) is 0 Å². The van der Waals surface area contributed by atoms with Crippen molar-refractivity contribution < 1.29 is 0 Å². The van der Waals surface area contributed by atoms with Gasteiger partial charge in [-0.15, -0.1) is 0 Å². The first-order chi connectivity index (χ1) is 7.45. The summed E-state index contributed by atoms with van der Waals surface area (Å²) >= 11 is 1.98. The summed E-state index contributed by atoms with van der Waals surface area (Å²) in [6, 6.07) is 3.05. The van der Waals surface area contributed by atoms with Gasteiger partial charge < -0.3 is 0 Å². The van der Waals surface area contributed by atoms with E-state index in [4.69, 9.17) is 0 Å². The summed E-state index contributed by atoms with van der Waals surface area (Å²) in [6.07, 6.45) is 3.42. The Bertz CT molecular complexity index is 255. The van der Waals surface area contributed by atoms with E-state index in [9.17, 15) is 5.26 Å². The summed E-state index contributed by atoms with van der Waals surface area (Å²) in [4.78, 5) is 0. The molecule has 0 aromatic rings. The van der Waals surface area contributed by atoms with Crippen LogP contribution in [0.15, 0.2) is 0 Å². The minimum absolute atomic E-state index is 0.329. The molecule has 0 bridgehead atoms. The average Bonchev–Trinajstić information content (AvgIpc) is 2.98. The Labute approximate surface area is 104 Å². The van der Waals surface area contributed by atoms with E-state index < -0.39 is 0 Å².